The molecule has 1 atom stereocenters. The number of nitrogens with zero attached hydrogens (tertiary/aromatic N) is 2. The van der Waals surface area contributed by atoms with Crippen LogP contribution in [0.5, 0.6) is 0 Å². The van der Waals surface area contributed by atoms with Crippen molar-refractivity contribution in [1.29, 1.82) is 0 Å². The molecule has 6 heteroatoms. The van der Waals surface area contributed by atoms with Crippen molar-refractivity contribution in [3.63, 3.8) is 0 Å². The molecule has 92 valence electrons. The number of carbonyl (C=O) groups excluding carboxylic acids is 1. The molecule has 0 fully saturated rings. The largest absolute Gasteiger partial charge is 0.477 e. The molecule has 0 spiro atoms. The summed E-state index contributed by atoms with van der Waals surface area (Å²) < 4.78 is 0. The molecule has 0 aromatic carbocycles. The molecule has 1 rings (SSSR count). The van der Waals surface area contributed by atoms with Gasteiger partial charge in [0.25, 0.3) is 0 Å². The van der Waals surface area contributed by atoms with Crippen LogP contribution in [-0.2, 0) is 4.79 Å². The normalized spacial score (nSPS) is 11.9. The van der Waals surface area contributed by atoms with E-state index in [-0.39, 0.29) is 16.9 Å². The zero-order valence-corrected chi connectivity index (χ0v) is 10.7. The Balaban J connectivity index is 2.78. The molecule has 0 bridgehead atoms. The molecule has 0 radical (unpaired) electrons. The molecular weight excluding hydrogens is 240 g/mol. The average molecular weight is 254 g/mol. The van der Waals surface area contributed by atoms with Crippen molar-refractivity contribution >= 4 is 23.6 Å². The molecule has 0 aliphatic carbocycles. The van der Waals surface area contributed by atoms with Gasteiger partial charge in [-0.05, 0) is 19.1 Å². The fraction of sp³-hybridized carbons (Fsp3) is 0.364. The Morgan fingerprint density at radius 3 is 2.65 bits per heavy atom. The predicted molar refractivity (Wildman–Crippen MR) is 65.2 cm³/mol. The second-order valence-corrected chi connectivity index (χ2v) is 5.09. The van der Waals surface area contributed by atoms with Crippen LogP contribution in [0.2, 0.25) is 0 Å². The van der Waals surface area contributed by atoms with Gasteiger partial charge in [0.15, 0.2) is 0 Å². The van der Waals surface area contributed by atoms with Gasteiger partial charge in [0.1, 0.15) is 5.69 Å². The van der Waals surface area contributed by atoms with E-state index in [1.807, 2.05) is 0 Å². The lowest BCUT2D eigenvalue weighted by Crippen LogP contribution is -2.29. The highest BCUT2D eigenvalue weighted by molar-refractivity contribution is 8.00. The summed E-state index contributed by atoms with van der Waals surface area (Å²) in [5.41, 5.74) is -0.0143. The maximum absolute atomic E-state index is 11.6. The van der Waals surface area contributed by atoms with E-state index in [0.29, 0.717) is 0 Å². The first kappa shape index (κ1) is 13.5. The van der Waals surface area contributed by atoms with Crippen molar-refractivity contribution in [2.45, 2.75) is 17.1 Å². The highest BCUT2D eigenvalue weighted by Gasteiger charge is 2.16. The van der Waals surface area contributed by atoms with Crippen molar-refractivity contribution < 1.29 is 14.7 Å². The second kappa shape index (κ2) is 5.67. The number of amides is 1. The quantitative estimate of drug-likeness (QED) is 0.821. The molecule has 1 unspecified atom stereocenters. The number of aromatic carboxylic acids is 1. The molecule has 5 nitrogen and oxygen atoms in total. The lowest BCUT2D eigenvalue weighted by Gasteiger charge is -2.16. The number of thioether (sulfide) groups is 1. The van der Waals surface area contributed by atoms with E-state index in [1.54, 1.807) is 27.1 Å². The van der Waals surface area contributed by atoms with Gasteiger partial charge in [-0.3, -0.25) is 4.79 Å². The van der Waals surface area contributed by atoms with Crippen LogP contribution >= 0.6 is 11.8 Å². The van der Waals surface area contributed by atoms with Crippen LogP contribution in [0.4, 0.5) is 0 Å². The van der Waals surface area contributed by atoms with E-state index < -0.39 is 5.97 Å². The summed E-state index contributed by atoms with van der Waals surface area (Å²) in [4.78, 5) is 28.3. The van der Waals surface area contributed by atoms with Crippen LogP contribution in [0.15, 0.2) is 23.2 Å². The SMILES string of the molecule is CC(Sc1ccnc(C(=O)O)c1)C(=O)N(C)C. The van der Waals surface area contributed by atoms with Gasteiger partial charge in [0.05, 0.1) is 5.25 Å². The van der Waals surface area contributed by atoms with Crippen molar-refractivity contribution in [2.75, 3.05) is 14.1 Å². The zero-order chi connectivity index (χ0) is 13.0. The van der Waals surface area contributed by atoms with Crippen LogP contribution in [-0.4, -0.2) is 46.2 Å². The topological polar surface area (TPSA) is 70.5 Å². The monoisotopic (exact) mass is 254 g/mol. The highest BCUT2D eigenvalue weighted by Crippen LogP contribution is 2.24. The summed E-state index contributed by atoms with van der Waals surface area (Å²) in [7, 11) is 3.38. The Bertz CT molecular complexity index is 434. The van der Waals surface area contributed by atoms with E-state index in [9.17, 15) is 9.59 Å². The number of rotatable bonds is 4. The number of carboxylic acid groups (broad SMARTS) is 1. The van der Waals surface area contributed by atoms with E-state index >= 15 is 0 Å². The lowest BCUT2D eigenvalue weighted by molar-refractivity contribution is -0.127. The maximum atomic E-state index is 11.6. The summed E-state index contributed by atoms with van der Waals surface area (Å²) in [6.07, 6.45) is 1.43. The van der Waals surface area contributed by atoms with Crippen LogP contribution in [0.25, 0.3) is 0 Å². The van der Waals surface area contributed by atoms with Crippen LogP contribution < -0.4 is 0 Å². The van der Waals surface area contributed by atoms with Gasteiger partial charge in [-0.2, -0.15) is 0 Å². The van der Waals surface area contributed by atoms with Crippen molar-refractivity contribution in [2.24, 2.45) is 0 Å². The summed E-state index contributed by atoms with van der Waals surface area (Å²) in [6.45, 7) is 1.79. The predicted octanol–water partition coefficient (Wildman–Crippen LogP) is 1.35. The lowest BCUT2D eigenvalue weighted by atomic mass is 10.3. The smallest absolute Gasteiger partial charge is 0.354 e. The third-order valence-corrected chi connectivity index (χ3v) is 3.13. The molecule has 1 heterocycles. The van der Waals surface area contributed by atoms with E-state index in [1.165, 1.54) is 28.9 Å². The van der Waals surface area contributed by atoms with Gasteiger partial charge < -0.3 is 10.0 Å². The third-order valence-electron chi connectivity index (χ3n) is 2.05. The van der Waals surface area contributed by atoms with Crippen LogP contribution in [0, 0.1) is 0 Å². The Morgan fingerprint density at radius 1 is 1.47 bits per heavy atom. The zero-order valence-electron chi connectivity index (χ0n) is 9.88. The minimum Gasteiger partial charge on any atom is -0.477 e. The van der Waals surface area contributed by atoms with Gasteiger partial charge >= 0.3 is 5.97 Å². The molecule has 0 aliphatic heterocycles. The Hall–Kier alpha value is -1.56. The number of carbonyl (C=O) groups is 2. The van der Waals surface area contributed by atoms with E-state index in [0.717, 1.165) is 4.90 Å². The van der Waals surface area contributed by atoms with Gasteiger partial charge in [-0.15, -0.1) is 11.8 Å². The Kier molecular flexibility index (Phi) is 4.51. The minimum absolute atomic E-state index is 0.0105. The van der Waals surface area contributed by atoms with Gasteiger partial charge in [-0.1, -0.05) is 0 Å². The van der Waals surface area contributed by atoms with Crippen molar-refractivity contribution in [3.05, 3.63) is 24.0 Å². The molecule has 17 heavy (non-hydrogen) atoms. The fourth-order valence-electron chi connectivity index (χ4n) is 1.22. The fourth-order valence-corrected chi connectivity index (χ4v) is 2.26. The van der Waals surface area contributed by atoms with Gasteiger partial charge in [0, 0.05) is 25.2 Å². The molecule has 0 saturated heterocycles. The summed E-state index contributed by atoms with van der Waals surface area (Å²) in [6, 6.07) is 3.16. The number of pyridine rings is 1. The van der Waals surface area contributed by atoms with Crippen molar-refractivity contribution in [3.8, 4) is 0 Å². The molecule has 0 saturated carbocycles. The van der Waals surface area contributed by atoms with Crippen LogP contribution in [0.1, 0.15) is 17.4 Å². The Labute approximate surface area is 104 Å². The molecule has 0 aliphatic rings. The van der Waals surface area contributed by atoms with E-state index in [2.05, 4.69) is 4.98 Å². The molecule has 1 N–H and O–H groups in total. The Morgan fingerprint density at radius 2 is 2.12 bits per heavy atom. The second-order valence-electron chi connectivity index (χ2n) is 3.67. The molecular formula is C11H14N2O3S. The first-order valence-electron chi connectivity index (χ1n) is 4.99. The average Bonchev–Trinajstić information content (AvgIpc) is 2.28. The third kappa shape index (κ3) is 3.74. The van der Waals surface area contributed by atoms with Gasteiger partial charge in [0.2, 0.25) is 5.91 Å². The number of carboxylic acids is 1. The maximum Gasteiger partial charge on any atom is 0.354 e. The van der Waals surface area contributed by atoms with Crippen LogP contribution in [0.3, 0.4) is 0 Å². The van der Waals surface area contributed by atoms with Crippen molar-refractivity contribution in [1.82, 2.24) is 9.88 Å². The first-order chi connectivity index (χ1) is 7.91. The number of hydrogen-bond donors (Lipinski definition) is 1. The summed E-state index contributed by atoms with van der Waals surface area (Å²) >= 11 is 1.32. The molecule has 1 aromatic rings. The highest BCUT2D eigenvalue weighted by atomic mass is 32.2. The van der Waals surface area contributed by atoms with E-state index in [4.69, 9.17) is 5.11 Å². The molecule has 1 amide bonds. The standard InChI is InChI=1S/C11H14N2O3S/c1-7(10(14)13(2)3)17-8-4-5-12-9(6-8)11(15)16/h4-7H,1-3H3,(H,15,16). The number of hydrogen-bond acceptors (Lipinski definition) is 4. The number of aromatic nitrogens is 1. The van der Waals surface area contributed by atoms with Gasteiger partial charge in [-0.25, -0.2) is 9.78 Å². The summed E-state index contributed by atoms with van der Waals surface area (Å²) in [5.74, 6) is -1.08. The minimum atomic E-state index is -1.07. The first-order valence-corrected chi connectivity index (χ1v) is 5.87. The molecule has 1 aromatic heterocycles. The summed E-state index contributed by atoms with van der Waals surface area (Å²) in [5, 5.41) is 8.54.